The lowest BCUT2D eigenvalue weighted by atomic mass is 10.0. The van der Waals surface area contributed by atoms with E-state index in [-0.39, 0.29) is 5.91 Å². The molecule has 1 N–H and O–H groups in total. The minimum atomic E-state index is -0.729. The molecule has 1 heterocycles. The minimum absolute atomic E-state index is 0.231. The molecule has 1 fully saturated rings. The second-order valence-electron chi connectivity index (χ2n) is 4.07. The van der Waals surface area contributed by atoms with Crippen LogP contribution in [0.1, 0.15) is 16.8 Å². The molecule has 2 rings (SSSR count). The third kappa shape index (κ3) is 2.92. The van der Waals surface area contributed by atoms with E-state index in [1.807, 2.05) is 0 Å². The van der Waals surface area contributed by atoms with Crippen molar-refractivity contribution in [2.45, 2.75) is 12.0 Å². The molecule has 1 saturated heterocycles. The fraction of sp³-hybridized carbons (Fsp3) is 0.333. The molecule has 1 amide bonds. The summed E-state index contributed by atoms with van der Waals surface area (Å²) >= 11 is 9.67. The van der Waals surface area contributed by atoms with Gasteiger partial charge in [-0.3, -0.25) is 4.79 Å². The van der Waals surface area contributed by atoms with Crippen LogP contribution in [0.5, 0.6) is 0 Å². The molecule has 94 valence electrons. The van der Waals surface area contributed by atoms with Gasteiger partial charge in [-0.2, -0.15) is 17.0 Å². The van der Waals surface area contributed by atoms with Gasteiger partial charge in [0.05, 0.1) is 11.6 Å². The molecule has 0 aliphatic carbocycles. The molecule has 0 saturated carbocycles. The molecule has 0 aromatic heterocycles. The smallest absolute Gasteiger partial charge is 0.253 e. The van der Waals surface area contributed by atoms with Crippen molar-refractivity contribution >= 4 is 51.9 Å². The number of nitrogens with one attached hydrogen (secondary N) is 1. The summed E-state index contributed by atoms with van der Waals surface area (Å²) in [5.41, 5.74) is -0.206. The van der Waals surface area contributed by atoms with E-state index in [1.54, 1.807) is 30.0 Å². The van der Waals surface area contributed by atoms with Crippen LogP contribution >= 0.6 is 46.0 Å². The molecular weight excluding hydrogens is 383 g/mol. The van der Waals surface area contributed by atoms with Gasteiger partial charge in [0.25, 0.3) is 5.91 Å². The van der Waals surface area contributed by atoms with Gasteiger partial charge < -0.3 is 5.32 Å². The van der Waals surface area contributed by atoms with Gasteiger partial charge >= 0.3 is 0 Å². The van der Waals surface area contributed by atoms with Crippen LogP contribution in [-0.2, 0) is 0 Å². The van der Waals surface area contributed by atoms with Crippen molar-refractivity contribution in [3.63, 3.8) is 0 Å². The van der Waals surface area contributed by atoms with Crippen molar-refractivity contribution in [1.29, 1.82) is 5.26 Å². The number of carbonyl (C=O) groups is 1. The molecular formula is C12H10ClIN2OS. The van der Waals surface area contributed by atoms with Crippen molar-refractivity contribution in [2.24, 2.45) is 0 Å². The lowest BCUT2D eigenvalue weighted by Crippen LogP contribution is -2.47. The first-order valence-corrected chi connectivity index (χ1v) is 7.94. The number of carbonyl (C=O) groups excluding carboxylic acids is 1. The molecule has 0 radical (unpaired) electrons. The summed E-state index contributed by atoms with van der Waals surface area (Å²) in [5.74, 6) is 1.32. The Bertz CT molecular complexity index is 523. The molecule has 6 heteroatoms. The predicted molar refractivity (Wildman–Crippen MR) is 81.9 cm³/mol. The van der Waals surface area contributed by atoms with Crippen LogP contribution in [0.3, 0.4) is 0 Å². The zero-order valence-electron chi connectivity index (χ0n) is 9.37. The summed E-state index contributed by atoms with van der Waals surface area (Å²) < 4.78 is 0.827. The zero-order chi connectivity index (χ0) is 13.2. The third-order valence-corrected chi connectivity index (χ3v) is 5.13. The summed E-state index contributed by atoms with van der Waals surface area (Å²) in [4.78, 5) is 12.2. The summed E-state index contributed by atoms with van der Waals surface area (Å²) in [7, 11) is 0. The van der Waals surface area contributed by atoms with Gasteiger partial charge in [0.15, 0.2) is 0 Å². The van der Waals surface area contributed by atoms with Crippen molar-refractivity contribution in [2.75, 3.05) is 11.5 Å². The Labute approximate surface area is 128 Å². The molecule has 3 nitrogen and oxygen atoms in total. The van der Waals surface area contributed by atoms with Crippen LogP contribution in [0.4, 0.5) is 0 Å². The standard InChI is InChI=1S/C12H10ClIN2OS/c13-8-1-2-10(14)9(5-8)11(17)16-12(6-15)3-4-18-7-12/h1-2,5H,3-4,7H2,(H,16,17). The monoisotopic (exact) mass is 392 g/mol. The molecule has 1 aliphatic rings. The average molecular weight is 393 g/mol. The van der Waals surface area contributed by atoms with E-state index in [2.05, 4.69) is 34.0 Å². The maximum Gasteiger partial charge on any atom is 0.253 e. The van der Waals surface area contributed by atoms with E-state index >= 15 is 0 Å². The topological polar surface area (TPSA) is 52.9 Å². The van der Waals surface area contributed by atoms with E-state index in [4.69, 9.17) is 11.6 Å². The molecule has 1 aliphatic heterocycles. The Kier molecular flexibility index (Phi) is 4.41. The summed E-state index contributed by atoms with van der Waals surface area (Å²) in [6.07, 6.45) is 0.692. The molecule has 1 aromatic carbocycles. The number of halogens is 2. The maximum atomic E-state index is 12.2. The highest BCUT2D eigenvalue weighted by atomic mass is 127. The van der Waals surface area contributed by atoms with E-state index in [0.717, 1.165) is 9.32 Å². The number of amides is 1. The van der Waals surface area contributed by atoms with Gasteiger partial charge in [0, 0.05) is 14.3 Å². The number of nitrogens with zero attached hydrogens (tertiary/aromatic N) is 1. The molecule has 1 unspecified atom stereocenters. The Morgan fingerprint density at radius 2 is 2.39 bits per heavy atom. The van der Waals surface area contributed by atoms with Gasteiger partial charge in [-0.1, -0.05) is 11.6 Å². The number of benzene rings is 1. The fourth-order valence-electron chi connectivity index (χ4n) is 1.74. The van der Waals surface area contributed by atoms with Crippen LogP contribution in [0.2, 0.25) is 5.02 Å². The van der Waals surface area contributed by atoms with Crippen LogP contribution in [0.15, 0.2) is 18.2 Å². The first-order chi connectivity index (χ1) is 8.56. The van der Waals surface area contributed by atoms with Crippen molar-refractivity contribution in [3.8, 4) is 6.07 Å². The van der Waals surface area contributed by atoms with Gasteiger partial charge in [-0.05, 0) is 53.0 Å². The van der Waals surface area contributed by atoms with Crippen molar-refractivity contribution in [3.05, 3.63) is 32.4 Å². The Morgan fingerprint density at radius 3 is 3.00 bits per heavy atom. The molecule has 1 atom stereocenters. The Hall–Kier alpha value is -0.450. The van der Waals surface area contributed by atoms with E-state index in [9.17, 15) is 10.1 Å². The predicted octanol–water partition coefficient (Wildman–Crippen LogP) is 3.07. The Morgan fingerprint density at radius 1 is 1.61 bits per heavy atom. The molecule has 1 aromatic rings. The summed E-state index contributed by atoms with van der Waals surface area (Å²) in [6.45, 7) is 0. The van der Waals surface area contributed by atoms with Gasteiger partial charge in [0.2, 0.25) is 0 Å². The van der Waals surface area contributed by atoms with Crippen LogP contribution < -0.4 is 5.32 Å². The lowest BCUT2D eigenvalue weighted by Gasteiger charge is -2.21. The highest BCUT2D eigenvalue weighted by Gasteiger charge is 2.36. The largest absolute Gasteiger partial charge is 0.333 e. The molecule has 18 heavy (non-hydrogen) atoms. The van der Waals surface area contributed by atoms with Gasteiger partial charge in [-0.25, -0.2) is 0 Å². The van der Waals surface area contributed by atoms with Gasteiger partial charge in [0.1, 0.15) is 5.54 Å². The number of hydrogen-bond donors (Lipinski definition) is 1. The highest BCUT2D eigenvalue weighted by Crippen LogP contribution is 2.28. The first kappa shape index (κ1) is 14.0. The van der Waals surface area contributed by atoms with Crippen molar-refractivity contribution in [1.82, 2.24) is 5.32 Å². The van der Waals surface area contributed by atoms with E-state index in [1.165, 1.54) is 0 Å². The summed E-state index contributed by atoms with van der Waals surface area (Å²) in [5, 5.41) is 12.6. The van der Waals surface area contributed by atoms with Crippen LogP contribution in [-0.4, -0.2) is 23.0 Å². The second kappa shape index (κ2) is 5.68. The normalized spacial score (nSPS) is 22.5. The van der Waals surface area contributed by atoms with Gasteiger partial charge in [-0.15, -0.1) is 0 Å². The molecule has 0 bridgehead atoms. The first-order valence-electron chi connectivity index (χ1n) is 5.33. The van der Waals surface area contributed by atoms with E-state index < -0.39 is 5.54 Å². The zero-order valence-corrected chi connectivity index (χ0v) is 13.1. The number of nitriles is 1. The summed E-state index contributed by atoms with van der Waals surface area (Å²) in [6, 6.07) is 7.39. The van der Waals surface area contributed by atoms with Crippen LogP contribution in [0, 0.1) is 14.9 Å². The number of rotatable bonds is 2. The second-order valence-corrected chi connectivity index (χ2v) is 6.78. The SMILES string of the molecule is N#CC1(NC(=O)c2cc(Cl)ccc2I)CCSC1. The van der Waals surface area contributed by atoms with Crippen LogP contribution in [0.25, 0.3) is 0 Å². The quantitative estimate of drug-likeness (QED) is 0.787. The average Bonchev–Trinajstić information content (AvgIpc) is 2.81. The fourth-order valence-corrected chi connectivity index (χ4v) is 3.76. The highest BCUT2D eigenvalue weighted by molar-refractivity contribution is 14.1. The van der Waals surface area contributed by atoms with Crippen molar-refractivity contribution < 1.29 is 4.79 Å². The maximum absolute atomic E-state index is 12.2. The molecule has 0 spiro atoms. The Balaban J connectivity index is 2.22. The van der Waals surface area contributed by atoms with E-state index in [0.29, 0.717) is 22.8 Å². The number of thioether (sulfide) groups is 1. The lowest BCUT2D eigenvalue weighted by molar-refractivity contribution is 0.0925. The third-order valence-electron chi connectivity index (χ3n) is 2.76. The minimum Gasteiger partial charge on any atom is -0.333 e. The number of hydrogen-bond acceptors (Lipinski definition) is 3.